The zero-order valence-electron chi connectivity index (χ0n) is 14.3. The number of benzene rings is 2. The Labute approximate surface area is 156 Å². The largest absolute Gasteiger partial charge is 0.469 e. The molecular formula is C19H19ClN2O4. The lowest BCUT2D eigenvalue weighted by Gasteiger charge is -2.11. The number of esters is 1. The van der Waals surface area contributed by atoms with Gasteiger partial charge >= 0.3 is 5.97 Å². The van der Waals surface area contributed by atoms with E-state index in [1.165, 1.54) is 7.11 Å². The van der Waals surface area contributed by atoms with Crippen LogP contribution in [0, 0.1) is 0 Å². The Hall–Kier alpha value is -2.86. The number of hydrogen-bond donors (Lipinski definition) is 2. The average molecular weight is 375 g/mol. The highest BCUT2D eigenvalue weighted by Gasteiger charge is 2.14. The summed E-state index contributed by atoms with van der Waals surface area (Å²) in [5.41, 5.74) is 1.12. The van der Waals surface area contributed by atoms with Crippen LogP contribution in [0.3, 0.4) is 0 Å². The second kappa shape index (κ2) is 9.58. The molecule has 0 radical (unpaired) electrons. The number of ether oxygens (including phenoxy) is 1. The van der Waals surface area contributed by atoms with Crippen molar-refractivity contribution in [2.75, 3.05) is 19.0 Å². The number of rotatable bonds is 7. The standard InChI is InChI=1S/C19H19ClN2O4/c1-26-17(23)10-5-11-21-19(25)15-8-2-3-9-16(15)22-18(24)13-6-4-7-14(20)12-13/h2-4,6-9,12H,5,10-11H2,1H3,(H,21,25)(H,22,24). The molecule has 0 heterocycles. The molecular weight excluding hydrogens is 356 g/mol. The third-order valence-corrected chi connectivity index (χ3v) is 3.81. The molecule has 0 saturated heterocycles. The highest BCUT2D eigenvalue weighted by Crippen LogP contribution is 2.17. The number of nitrogens with one attached hydrogen (secondary N) is 2. The number of halogens is 1. The lowest BCUT2D eigenvalue weighted by Crippen LogP contribution is -2.26. The van der Waals surface area contributed by atoms with Crippen LogP contribution in [0.5, 0.6) is 0 Å². The zero-order chi connectivity index (χ0) is 18.9. The van der Waals surface area contributed by atoms with Crippen LogP contribution in [0.25, 0.3) is 0 Å². The van der Waals surface area contributed by atoms with E-state index in [1.807, 2.05) is 0 Å². The summed E-state index contributed by atoms with van der Waals surface area (Å²) in [5, 5.41) is 5.90. The molecule has 0 aliphatic heterocycles. The molecule has 2 aromatic carbocycles. The number of carbonyl (C=O) groups excluding carboxylic acids is 3. The van der Waals surface area contributed by atoms with Gasteiger partial charge in [-0.25, -0.2) is 0 Å². The van der Waals surface area contributed by atoms with Gasteiger partial charge in [-0.3, -0.25) is 14.4 Å². The van der Waals surface area contributed by atoms with E-state index in [4.69, 9.17) is 11.6 Å². The molecule has 2 rings (SSSR count). The summed E-state index contributed by atoms with van der Waals surface area (Å²) >= 11 is 5.90. The van der Waals surface area contributed by atoms with Crippen LogP contribution < -0.4 is 10.6 Å². The quantitative estimate of drug-likeness (QED) is 0.575. The maximum atomic E-state index is 12.4. The summed E-state index contributed by atoms with van der Waals surface area (Å²) in [5.74, 6) is -1.02. The Kier molecular flexibility index (Phi) is 7.17. The lowest BCUT2D eigenvalue weighted by molar-refractivity contribution is -0.140. The first-order valence-electron chi connectivity index (χ1n) is 8.02. The van der Waals surface area contributed by atoms with Gasteiger partial charge in [0, 0.05) is 23.6 Å². The average Bonchev–Trinajstić information content (AvgIpc) is 2.65. The summed E-state index contributed by atoms with van der Waals surface area (Å²) in [7, 11) is 1.32. The zero-order valence-corrected chi connectivity index (χ0v) is 15.0. The summed E-state index contributed by atoms with van der Waals surface area (Å²) in [6.07, 6.45) is 0.694. The predicted molar refractivity (Wildman–Crippen MR) is 99.4 cm³/mol. The monoisotopic (exact) mass is 374 g/mol. The molecule has 0 saturated carbocycles. The van der Waals surface area contributed by atoms with Crippen LogP contribution in [0.2, 0.25) is 5.02 Å². The SMILES string of the molecule is COC(=O)CCCNC(=O)c1ccccc1NC(=O)c1cccc(Cl)c1. The van der Waals surface area contributed by atoms with E-state index in [1.54, 1.807) is 48.5 Å². The minimum absolute atomic E-state index is 0.226. The normalized spacial score (nSPS) is 10.1. The van der Waals surface area contributed by atoms with E-state index in [0.717, 1.165) is 0 Å². The van der Waals surface area contributed by atoms with Gasteiger partial charge in [0.25, 0.3) is 11.8 Å². The van der Waals surface area contributed by atoms with E-state index in [0.29, 0.717) is 34.8 Å². The van der Waals surface area contributed by atoms with Crippen molar-refractivity contribution in [2.45, 2.75) is 12.8 Å². The highest BCUT2D eigenvalue weighted by atomic mass is 35.5. The maximum absolute atomic E-state index is 12.4. The van der Waals surface area contributed by atoms with Gasteiger partial charge in [0.15, 0.2) is 0 Å². The first-order valence-corrected chi connectivity index (χ1v) is 8.40. The second-order valence-electron chi connectivity index (χ2n) is 5.45. The summed E-state index contributed by atoms with van der Waals surface area (Å²) < 4.78 is 4.55. The Morgan fingerprint density at radius 3 is 2.54 bits per heavy atom. The number of anilines is 1. The third kappa shape index (κ3) is 5.60. The van der Waals surface area contributed by atoms with Gasteiger partial charge in [0.1, 0.15) is 0 Å². The van der Waals surface area contributed by atoms with Crippen LogP contribution in [0.1, 0.15) is 33.6 Å². The Morgan fingerprint density at radius 2 is 1.81 bits per heavy atom. The van der Waals surface area contributed by atoms with Crippen molar-refractivity contribution in [1.29, 1.82) is 0 Å². The van der Waals surface area contributed by atoms with Gasteiger partial charge < -0.3 is 15.4 Å². The van der Waals surface area contributed by atoms with E-state index in [9.17, 15) is 14.4 Å². The smallest absolute Gasteiger partial charge is 0.305 e. The van der Waals surface area contributed by atoms with Gasteiger partial charge in [-0.15, -0.1) is 0 Å². The van der Waals surface area contributed by atoms with Crippen LogP contribution in [-0.4, -0.2) is 31.4 Å². The highest BCUT2D eigenvalue weighted by molar-refractivity contribution is 6.31. The molecule has 2 aromatic rings. The molecule has 0 fully saturated rings. The van der Waals surface area contributed by atoms with Crippen LogP contribution in [-0.2, 0) is 9.53 Å². The van der Waals surface area contributed by atoms with Gasteiger partial charge in [-0.2, -0.15) is 0 Å². The Morgan fingerprint density at radius 1 is 1.04 bits per heavy atom. The van der Waals surface area contributed by atoms with E-state index in [-0.39, 0.29) is 24.2 Å². The topological polar surface area (TPSA) is 84.5 Å². The van der Waals surface area contributed by atoms with E-state index < -0.39 is 0 Å². The Balaban J connectivity index is 2.01. The van der Waals surface area contributed by atoms with Crippen LogP contribution in [0.15, 0.2) is 48.5 Å². The molecule has 7 heteroatoms. The fourth-order valence-electron chi connectivity index (χ4n) is 2.25. The van der Waals surface area contributed by atoms with E-state index in [2.05, 4.69) is 15.4 Å². The molecule has 2 N–H and O–H groups in total. The molecule has 0 bridgehead atoms. The molecule has 6 nitrogen and oxygen atoms in total. The number of para-hydroxylation sites is 1. The van der Waals surface area contributed by atoms with Crippen molar-refractivity contribution < 1.29 is 19.1 Å². The van der Waals surface area contributed by atoms with Gasteiger partial charge in [-0.1, -0.05) is 29.8 Å². The fourth-order valence-corrected chi connectivity index (χ4v) is 2.44. The van der Waals surface area contributed by atoms with Crippen molar-refractivity contribution in [3.63, 3.8) is 0 Å². The van der Waals surface area contributed by atoms with Gasteiger partial charge in [0.05, 0.1) is 18.4 Å². The van der Waals surface area contributed by atoms with Gasteiger partial charge in [0.2, 0.25) is 0 Å². The van der Waals surface area contributed by atoms with Crippen LogP contribution in [0.4, 0.5) is 5.69 Å². The number of hydrogen-bond acceptors (Lipinski definition) is 4. The molecule has 0 aliphatic rings. The minimum Gasteiger partial charge on any atom is -0.469 e. The van der Waals surface area contributed by atoms with Crippen molar-refractivity contribution in [1.82, 2.24) is 5.32 Å². The van der Waals surface area contributed by atoms with Crippen molar-refractivity contribution in [3.05, 3.63) is 64.7 Å². The molecule has 0 spiro atoms. The van der Waals surface area contributed by atoms with E-state index >= 15 is 0 Å². The van der Waals surface area contributed by atoms with Crippen molar-refractivity contribution in [3.8, 4) is 0 Å². The third-order valence-electron chi connectivity index (χ3n) is 3.58. The molecule has 0 atom stereocenters. The van der Waals surface area contributed by atoms with Crippen molar-refractivity contribution >= 4 is 35.1 Å². The first kappa shape index (κ1) is 19.5. The Bertz CT molecular complexity index is 808. The summed E-state index contributed by atoms with van der Waals surface area (Å²) in [6.45, 7) is 0.324. The fraction of sp³-hybridized carbons (Fsp3) is 0.211. The molecule has 2 amide bonds. The number of methoxy groups -OCH3 is 1. The van der Waals surface area contributed by atoms with Crippen LogP contribution >= 0.6 is 11.6 Å². The molecule has 136 valence electrons. The lowest BCUT2D eigenvalue weighted by atomic mass is 10.1. The second-order valence-corrected chi connectivity index (χ2v) is 5.88. The first-order chi connectivity index (χ1) is 12.5. The molecule has 0 unspecified atom stereocenters. The molecule has 0 aromatic heterocycles. The summed E-state index contributed by atoms with van der Waals surface area (Å²) in [6, 6.07) is 13.2. The van der Waals surface area contributed by atoms with Crippen molar-refractivity contribution in [2.24, 2.45) is 0 Å². The predicted octanol–water partition coefficient (Wildman–Crippen LogP) is 3.28. The summed E-state index contributed by atoms with van der Waals surface area (Å²) in [4.78, 5) is 35.8. The minimum atomic E-state index is -0.363. The number of carbonyl (C=O) groups is 3. The maximum Gasteiger partial charge on any atom is 0.305 e. The van der Waals surface area contributed by atoms with Gasteiger partial charge in [-0.05, 0) is 36.8 Å². The molecule has 26 heavy (non-hydrogen) atoms. The molecule has 0 aliphatic carbocycles. The number of amides is 2.